The minimum Gasteiger partial charge on any atom is -0.494 e. The average molecular weight is 476 g/mol. The van der Waals surface area contributed by atoms with Crippen LogP contribution in [0.4, 0.5) is 11.5 Å². The molecule has 0 bridgehead atoms. The first-order chi connectivity index (χ1) is 16.9. The summed E-state index contributed by atoms with van der Waals surface area (Å²) in [5.41, 5.74) is 2.33. The number of cyclic esters (lactones) is 1. The van der Waals surface area contributed by atoms with Crippen LogP contribution in [0.1, 0.15) is 25.5 Å². The van der Waals surface area contributed by atoms with E-state index < -0.39 is 0 Å². The van der Waals surface area contributed by atoms with Crippen LogP contribution in [-0.2, 0) is 14.3 Å². The van der Waals surface area contributed by atoms with Crippen molar-refractivity contribution >= 4 is 34.3 Å². The fourth-order valence-electron chi connectivity index (χ4n) is 4.03. The summed E-state index contributed by atoms with van der Waals surface area (Å²) in [4.78, 5) is 34.9. The molecule has 35 heavy (non-hydrogen) atoms. The fraction of sp³-hybridized carbons (Fsp3) is 0.308. The summed E-state index contributed by atoms with van der Waals surface area (Å²) in [6.07, 6.45) is 4.52. The lowest BCUT2D eigenvalue weighted by Crippen LogP contribution is -2.44. The van der Waals surface area contributed by atoms with Crippen LogP contribution >= 0.6 is 0 Å². The van der Waals surface area contributed by atoms with E-state index >= 15 is 0 Å². The Morgan fingerprint density at radius 2 is 2.09 bits per heavy atom. The number of esters is 1. The van der Waals surface area contributed by atoms with E-state index in [1.807, 2.05) is 36.1 Å². The highest BCUT2D eigenvalue weighted by Gasteiger charge is 2.22. The first-order valence-corrected chi connectivity index (χ1v) is 11.5. The molecule has 0 saturated carbocycles. The van der Waals surface area contributed by atoms with E-state index in [-0.39, 0.29) is 30.6 Å². The van der Waals surface area contributed by atoms with E-state index in [1.54, 1.807) is 19.3 Å². The van der Waals surface area contributed by atoms with Crippen molar-refractivity contribution in [1.82, 2.24) is 14.9 Å². The van der Waals surface area contributed by atoms with E-state index in [2.05, 4.69) is 39.7 Å². The van der Waals surface area contributed by atoms with Gasteiger partial charge < -0.3 is 20.1 Å². The number of rotatable bonds is 8. The first-order valence-electron chi connectivity index (χ1n) is 11.5. The van der Waals surface area contributed by atoms with Crippen LogP contribution in [0.2, 0.25) is 0 Å². The molecular formula is C26H29N5O4. The fourth-order valence-corrected chi connectivity index (χ4v) is 4.03. The van der Waals surface area contributed by atoms with Crippen molar-refractivity contribution in [2.45, 2.75) is 26.0 Å². The zero-order chi connectivity index (χ0) is 24.8. The number of ether oxygens (including phenoxy) is 2. The van der Waals surface area contributed by atoms with Gasteiger partial charge in [-0.3, -0.25) is 14.5 Å². The van der Waals surface area contributed by atoms with Crippen molar-refractivity contribution in [2.75, 3.05) is 37.4 Å². The Morgan fingerprint density at radius 3 is 2.83 bits per heavy atom. The van der Waals surface area contributed by atoms with Gasteiger partial charge in [-0.15, -0.1) is 0 Å². The number of methoxy groups -OCH3 is 1. The molecule has 1 aliphatic heterocycles. The zero-order valence-corrected chi connectivity index (χ0v) is 20.0. The third kappa shape index (κ3) is 6.13. The number of morpholine rings is 1. The molecule has 9 heteroatoms. The number of hydrogen-bond donors (Lipinski definition) is 2. The largest absolute Gasteiger partial charge is 0.494 e. The maximum Gasteiger partial charge on any atom is 0.320 e. The molecule has 2 N–H and O–H groups in total. The van der Waals surface area contributed by atoms with Gasteiger partial charge in [-0.05, 0) is 25.5 Å². The molecule has 1 aliphatic rings. The number of anilines is 2. The Balaban J connectivity index is 1.50. The number of fused-ring (bicyclic) bond motifs is 1. The van der Waals surface area contributed by atoms with Crippen molar-refractivity contribution in [2.24, 2.45) is 0 Å². The molecule has 9 nitrogen and oxygen atoms in total. The number of nitrogens with zero attached hydrogens (tertiary/aromatic N) is 3. The molecule has 1 saturated heterocycles. The molecule has 3 aromatic rings. The van der Waals surface area contributed by atoms with Gasteiger partial charge in [0.2, 0.25) is 5.91 Å². The molecule has 0 spiro atoms. The van der Waals surface area contributed by atoms with Gasteiger partial charge in [-0.25, -0.2) is 9.97 Å². The van der Waals surface area contributed by atoms with Crippen molar-refractivity contribution in [1.29, 1.82) is 0 Å². The number of carbonyl (C=O) groups excluding carboxylic acids is 2. The summed E-state index contributed by atoms with van der Waals surface area (Å²) in [6.45, 7) is 5.23. The third-order valence-electron chi connectivity index (χ3n) is 5.70. The van der Waals surface area contributed by atoms with Crippen molar-refractivity contribution < 1.29 is 19.1 Å². The Bertz CT molecular complexity index is 1230. The minimum atomic E-state index is -0.306. The summed E-state index contributed by atoms with van der Waals surface area (Å²) >= 11 is 0. The van der Waals surface area contributed by atoms with Crippen molar-refractivity contribution in [3.63, 3.8) is 0 Å². The Hall–Kier alpha value is -3.98. The standard InChI is InChI=1S/C26H29N5O4/c1-17-14-31(15-25(33)35-17)11-7-10-24(32)30-22-12-20-21(13-23(22)34-3)27-16-28-26(20)29-18(2)19-8-5-4-6-9-19/h4-10,12-13,16-18H,11,14-15H2,1-3H3,(H,30,32)(H,27,28,29)/b10-7+/t17-,18+/m0/s1. The number of benzene rings is 2. The Morgan fingerprint density at radius 1 is 1.29 bits per heavy atom. The topological polar surface area (TPSA) is 106 Å². The lowest BCUT2D eigenvalue weighted by Gasteiger charge is -2.29. The summed E-state index contributed by atoms with van der Waals surface area (Å²) in [5, 5.41) is 7.07. The molecule has 182 valence electrons. The summed E-state index contributed by atoms with van der Waals surface area (Å²) in [7, 11) is 1.54. The second-order valence-electron chi connectivity index (χ2n) is 8.45. The monoisotopic (exact) mass is 475 g/mol. The molecular weight excluding hydrogens is 446 g/mol. The average Bonchev–Trinajstić information content (AvgIpc) is 2.84. The maximum atomic E-state index is 12.6. The van der Waals surface area contributed by atoms with Gasteiger partial charge >= 0.3 is 5.97 Å². The molecule has 2 atom stereocenters. The zero-order valence-electron chi connectivity index (χ0n) is 20.0. The van der Waals surface area contributed by atoms with Gasteiger partial charge in [0.25, 0.3) is 0 Å². The summed E-state index contributed by atoms with van der Waals surface area (Å²) in [6, 6.07) is 13.7. The SMILES string of the molecule is COc1cc2ncnc(N[C@H](C)c3ccccc3)c2cc1NC(=O)/C=C/CN1CC(=O)O[C@@H](C)C1. The highest BCUT2D eigenvalue weighted by atomic mass is 16.5. The minimum absolute atomic E-state index is 0.0205. The number of nitrogens with one attached hydrogen (secondary N) is 2. The smallest absolute Gasteiger partial charge is 0.320 e. The van der Waals surface area contributed by atoms with Crippen LogP contribution in [-0.4, -0.2) is 59.6 Å². The molecule has 2 heterocycles. The molecule has 1 amide bonds. The normalized spacial score (nSPS) is 17.2. The van der Waals surface area contributed by atoms with Crippen LogP contribution in [0, 0.1) is 0 Å². The second-order valence-corrected chi connectivity index (χ2v) is 8.45. The van der Waals surface area contributed by atoms with E-state index in [1.165, 1.54) is 12.4 Å². The molecule has 0 radical (unpaired) electrons. The van der Waals surface area contributed by atoms with Crippen molar-refractivity contribution in [3.8, 4) is 5.75 Å². The van der Waals surface area contributed by atoms with Crippen LogP contribution in [0.5, 0.6) is 5.75 Å². The summed E-state index contributed by atoms with van der Waals surface area (Å²) < 4.78 is 10.6. The van der Waals surface area contributed by atoms with Crippen LogP contribution in [0.3, 0.4) is 0 Å². The second kappa shape index (κ2) is 11.0. The van der Waals surface area contributed by atoms with Crippen LogP contribution < -0.4 is 15.4 Å². The molecule has 4 rings (SSSR count). The summed E-state index contributed by atoms with van der Waals surface area (Å²) in [5.74, 6) is 0.591. The lowest BCUT2D eigenvalue weighted by atomic mass is 10.1. The van der Waals surface area contributed by atoms with Crippen LogP contribution in [0.25, 0.3) is 10.9 Å². The van der Waals surface area contributed by atoms with Gasteiger partial charge in [0, 0.05) is 36.7 Å². The number of aromatic nitrogens is 2. The lowest BCUT2D eigenvalue weighted by molar-refractivity contribution is -0.156. The number of amides is 1. The predicted octanol–water partition coefficient (Wildman–Crippen LogP) is 3.55. The molecule has 1 fully saturated rings. The van der Waals surface area contributed by atoms with E-state index in [0.29, 0.717) is 35.9 Å². The highest BCUT2D eigenvalue weighted by molar-refractivity contribution is 6.03. The van der Waals surface area contributed by atoms with E-state index in [0.717, 1.165) is 10.9 Å². The number of hydrogen-bond acceptors (Lipinski definition) is 8. The molecule has 0 aliphatic carbocycles. The van der Waals surface area contributed by atoms with E-state index in [9.17, 15) is 9.59 Å². The predicted molar refractivity (Wildman–Crippen MR) is 134 cm³/mol. The van der Waals surface area contributed by atoms with Gasteiger partial charge in [0.05, 0.1) is 24.9 Å². The molecule has 0 unspecified atom stereocenters. The highest BCUT2D eigenvalue weighted by Crippen LogP contribution is 2.33. The maximum absolute atomic E-state index is 12.6. The molecule has 1 aromatic heterocycles. The number of carbonyl (C=O) groups is 2. The van der Waals surface area contributed by atoms with Gasteiger partial charge in [0.15, 0.2) is 0 Å². The quantitative estimate of drug-likeness (QED) is 0.376. The third-order valence-corrected chi connectivity index (χ3v) is 5.70. The van der Waals surface area contributed by atoms with Gasteiger partial charge in [-0.2, -0.15) is 0 Å². The van der Waals surface area contributed by atoms with Crippen molar-refractivity contribution in [3.05, 3.63) is 66.5 Å². The Kier molecular flexibility index (Phi) is 7.57. The van der Waals surface area contributed by atoms with E-state index in [4.69, 9.17) is 9.47 Å². The van der Waals surface area contributed by atoms with Crippen LogP contribution in [0.15, 0.2) is 60.9 Å². The Labute approximate surface area is 204 Å². The van der Waals surface area contributed by atoms with Gasteiger partial charge in [0.1, 0.15) is 24.0 Å². The van der Waals surface area contributed by atoms with Gasteiger partial charge in [-0.1, -0.05) is 36.4 Å². The molecule has 2 aromatic carbocycles. The first kappa shape index (κ1) is 24.2.